The number of hydrogen-bond acceptors (Lipinski definition) is 3. The van der Waals surface area contributed by atoms with Gasteiger partial charge in [0.05, 0.1) is 12.7 Å². The molecule has 0 radical (unpaired) electrons. The molecule has 1 aromatic heterocycles. The van der Waals surface area contributed by atoms with Crippen LogP contribution in [-0.4, -0.2) is 42.0 Å². The number of guanidine groups is 1. The highest BCUT2D eigenvalue weighted by Crippen LogP contribution is 2.07. The van der Waals surface area contributed by atoms with Crippen LogP contribution in [0.4, 0.5) is 0 Å². The predicted octanol–water partition coefficient (Wildman–Crippen LogP) is 2.83. The molecule has 0 amide bonds. The van der Waals surface area contributed by atoms with Gasteiger partial charge in [-0.1, -0.05) is 18.2 Å². The van der Waals surface area contributed by atoms with Crippen molar-refractivity contribution < 1.29 is 4.74 Å². The third kappa shape index (κ3) is 8.76. The van der Waals surface area contributed by atoms with Crippen LogP contribution in [0, 0.1) is 6.92 Å². The second-order valence-electron chi connectivity index (χ2n) is 5.48. The van der Waals surface area contributed by atoms with Gasteiger partial charge in [-0.2, -0.15) is 5.10 Å². The molecule has 0 aliphatic rings. The summed E-state index contributed by atoms with van der Waals surface area (Å²) in [5.41, 5.74) is 1.19. The van der Waals surface area contributed by atoms with E-state index in [-0.39, 0.29) is 24.0 Å². The minimum absolute atomic E-state index is 0. The molecule has 0 aliphatic heterocycles. The highest BCUT2D eigenvalue weighted by Gasteiger charge is 1.98. The fraction of sp³-hybridized carbons (Fsp3) is 0.444. The molecule has 1 heterocycles. The highest BCUT2D eigenvalue weighted by molar-refractivity contribution is 14.0. The minimum Gasteiger partial charge on any atom is -0.492 e. The zero-order valence-electron chi connectivity index (χ0n) is 14.9. The Labute approximate surface area is 167 Å². The molecule has 0 saturated heterocycles. The summed E-state index contributed by atoms with van der Waals surface area (Å²) in [7, 11) is 0. The molecule has 7 heteroatoms. The molecule has 138 valence electrons. The van der Waals surface area contributed by atoms with Gasteiger partial charge in [-0.3, -0.25) is 9.67 Å². The zero-order valence-corrected chi connectivity index (χ0v) is 17.3. The molecule has 0 aliphatic carbocycles. The van der Waals surface area contributed by atoms with Gasteiger partial charge in [-0.25, -0.2) is 0 Å². The highest BCUT2D eigenvalue weighted by atomic mass is 127. The van der Waals surface area contributed by atoms with Crippen molar-refractivity contribution >= 4 is 29.9 Å². The van der Waals surface area contributed by atoms with Crippen LogP contribution in [0.1, 0.15) is 18.9 Å². The van der Waals surface area contributed by atoms with E-state index in [0.29, 0.717) is 13.2 Å². The van der Waals surface area contributed by atoms with Crippen LogP contribution in [0.15, 0.2) is 47.7 Å². The molecule has 0 fully saturated rings. The van der Waals surface area contributed by atoms with Crippen molar-refractivity contribution in [2.75, 3.05) is 26.2 Å². The molecule has 25 heavy (non-hydrogen) atoms. The summed E-state index contributed by atoms with van der Waals surface area (Å²) in [6.45, 7) is 7.89. The topological polar surface area (TPSA) is 63.5 Å². The lowest BCUT2D eigenvalue weighted by Crippen LogP contribution is -2.39. The average Bonchev–Trinajstić information content (AvgIpc) is 3.01. The minimum atomic E-state index is 0. The second kappa shape index (κ2) is 12.6. The molecule has 2 aromatic rings. The Bertz CT molecular complexity index is 615. The summed E-state index contributed by atoms with van der Waals surface area (Å²) in [5.74, 6) is 1.71. The van der Waals surface area contributed by atoms with Crippen LogP contribution in [0.5, 0.6) is 5.75 Å². The Morgan fingerprint density at radius 1 is 1.24 bits per heavy atom. The third-order valence-electron chi connectivity index (χ3n) is 3.33. The van der Waals surface area contributed by atoms with Crippen LogP contribution >= 0.6 is 24.0 Å². The fourth-order valence-electron chi connectivity index (χ4n) is 2.21. The van der Waals surface area contributed by atoms with Gasteiger partial charge < -0.3 is 15.4 Å². The number of aromatic nitrogens is 2. The fourth-order valence-corrected chi connectivity index (χ4v) is 2.21. The van der Waals surface area contributed by atoms with E-state index in [4.69, 9.17) is 4.74 Å². The molecule has 0 unspecified atom stereocenters. The Morgan fingerprint density at radius 3 is 2.72 bits per heavy atom. The van der Waals surface area contributed by atoms with Crippen molar-refractivity contribution in [3.8, 4) is 5.75 Å². The zero-order chi connectivity index (χ0) is 17.0. The first kappa shape index (κ1) is 21.3. The molecule has 0 atom stereocenters. The van der Waals surface area contributed by atoms with Crippen LogP contribution in [0.25, 0.3) is 0 Å². The SMILES string of the molecule is CCNC(=NCCCn1cc(C)cn1)NCCOc1ccccc1.I. The van der Waals surface area contributed by atoms with E-state index < -0.39 is 0 Å². The number of halogens is 1. The van der Waals surface area contributed by atoms with E-state index in [0.717, 1.165) is 37.8 Å². The van der Waals surface area contributed by atoms with Crippen molar-refractivity contribution in [3.63, 3.8) is 0 Å². The summed E-state index contributed by atoms with van der Waals surface area (Å²) in [5, 5.41) is 10.8. The van der Waals surface area contributed by atoms with Crippen LogP contribution in [0.3, 0.4) is 0 Å². The van der Waals surface area contributed by atoms with Crippen LogP contribution < -0.4 is 15.4 Å². The normalized spacial score (nSPS) is 10.9. The van der Waals surface area contributed by atoms with E-state index in [1.807, 2.05) is 54.3 Å². The first-order valence-corrected chi connectivity index (χ1v) is 8.47. The summed E-state index contributed by atoms with van der Waals surface area (Å²) >= 11 is 0. The third-order valence-corrected chi connectivity index (χ3v) is 3.33. The lowest BCUT2D eigenvalue weighted by molar-refractivity contribution is 0.322. The molecular formula is C18H28IN5O. The number of nitrogens with zero attached hydrogens (tertiary/aromatic N) is 3. The molecule has 0 bridgehead atoms. The van der Waals surface area contributed by atoms with Gasteiger partial charge in [-0.15, -0.1) is 24.0 Å². The summed E-state index contributed by atoms with van der Waals surface area (Å²) in [6, 6.07) is 9.82. The molecular weight excluding hydrogens is 429 g/mol. The first-order valence-electron chi connectivity index (χ1n) is 8.47. The molecule has 0 saturated carbocycles. The van der Waals surface area contributed by atoms with Crippen LogP contribution in [0.2, 0.25) is 0 Å². The number of aliphatic imine (C=N–C) groups is 1. The maximum absolute atomic E-state index is 5.66. The Kier molecular flexibility index (Phi) is 10.7. The lowest BCUT2D eigenvalue weighted by Gasteiger charge is -2.12. The van der Waals surface area contributed by atoms with Crippen molar-refractivity contribution in [1.82, 2.24) is 20.4 Å². The van der Waals surface area contributed by atoms with Gasteiger partial charge in [-0.05, 0) is 38.0 Å². The number of rotatable bonds is 9. The van der Waals surface area contributed by atoms with Gasteiger partial charge >= 0.3 is 0 Å². The molecule has 1 aromatic carbocycles. The van der Waals surface area contributed by atoms with Gasteiger partial charge in [0.1, 0.15) is 12.4 Å². The number of hydrogen-bond donors (Lipinski definition) is 2. The van der Waals surface area contributed by atoms with E-state index >= 15 is 0 Å². The van der Waals surface area contributed by atoms with Gasteiger partial charge in [0, 0.05) is 25.8 Å². The first-order chi connectivity index (χ1) is 11.8. The summed E-state index contributed by atoms with van der Waals surface area (Å²) in [4.78, 5) is 4.58. The van der Waals surface area contributed by atoms with Crippen molar-refractivity contribution in [1.29, 1.82) is 0 Å². The number of nitrogens with one attached hydrogen (secondary N) is 2. The van der Waals surface area contributed by atoms with Crippen molar-refractivity contribution in [3.05, 3.63) is 48.3 Å². The van der Waals surface area contributed by atoms with Crippen LogP contribution in [-0.2, 0) is 6.54 Å². The standard InChI is InChI=1S/C18H27N5O.HI/c1-3-19-18(20-10-7-12-23-15-16(2)14-22-23)21-11-13-24-17-8-5-4-6-9-17;/h4-6,8-9,14-15H,3,7,10-13H2,1-2H3,(H2,19,20,21);1H. The van der Waals surface area contributed by atoms with E-state index in [1.165, 1.54) is 5.56 Å². The quantitative estimate of drug-likeness (QED) is 0.263. The molecule has 6 nitrogen and oxygen atoms in total. The number of benzene rings is 1. The molecule has 2 rings (SSSR count). The maximum Gasteiger partial charge on any atom is 0.191 e. The van der Waals surface area contributed by atoms with Crippen molar-refractivity contribution in [2.24, 2.45) is 4.99 Å². The second-order valence-corrected chi connectivity index (χ2v) is 5.48. The van der Waals surface area contributed by atoms with Gasteiger partial charge in [0.15, 0.2) is 5.96 Å². The van der Waals surface area contributed by atoms with E-state index in [9.17, 15) is 0 Å². The number of para-hydroxylation sites is 1. The summed E-state index contributed by atoms with van der Waals surface area (Å²) < 4.78 is 7.62. The molecule has 0 spiro atoms. The van der Waals surface area contributed by atoms with Crippen molar-refractivity contribution in [2.45, 2.75) is 26.8 Å². The maximum atomic E-state index is 5.66. The Hall–Kier alpha value is -1.77. The monoisotopic (exact) mass is 457 g/mol. The average molecular weight is 457 g/mol. The lowest BCUT2D eigenvalue weighted by atomic mass is 10.3. The van der Waals surface area contributed by atoms with Gasteiger partial charge in [0.2, 0.25) is 0 Å². The number of ether oxygens (including phenoxy) is 1. The molecule has 2 N–H and O–H groups in total. The number of aryl methyl sites for hydroxylation is 2. The smallest absolute Gasteiger partial charge is 0.191 e. The Morgan fingerprint density at radius 2 is 2.04 bits per heavy atom. The van der Waals surface area contributed by atoms with Gasteiger partial charge in [0.25, 0.3) is 0 Å². The van der Waals surface area contributed by atoms with E-state index in [2.05, 4.69) is 27.6 Å². The Balaban J connectivity index is 0.00000312. The summed E-state index contributed by atoms with van der Waals surface area (Å²) in [6.07, 6.45) is 4.88. The largest absolute Gasteiger partial charge is 0.492 e. The van der Waals surface area contributed by atoms with E-state index in [1.54, 1.807) is 0 Å². The predicted molar refractivity (Wildman–Crippen MR) is 113 cm³/mol.